The van der Waals surface area contributed by atoms with E-state index in [1.54, 1.807) is 24.3 Å². The van der Waals surface area contributed by atoms with Crippen molar-refractivity contribution in [2.75, 3.05) is 31.2 Å². The lowest BCUT2D eigenvalue weighted by atomic mass is 10.2. The van der Waals surface area contributed by atoms with Crippen LogP contribution in [-0.2, 0) is 4.74 Å². The zero-order valence-corrected chi connectivity index (χ0v) is 14.5. The van der Waals surface area contributed by atoms with Gasteiger partial charge in [0.1, 0.15) is 11.4 Å². The number of morpholine rings is 1. The molecular formula is C20H18FN3O3. The van der Waals surface area contributed by atoms with E-state index in [1.165, 1.54) is 12.3 Å². The smallest absolute Gasteiger partial charge is 0.307 e. The molecule has 1 fully saturated rings. The molecule has 0 radical (unpaired) electrons. The van der Waals surface area contributed by atoms with Gasteiger partial charge in [-0.25, -0.2) is 9.82 Å². The number of carbonyl (C=O) groups excluding carboxylic acids is 1. The lowest BCUT2D eigenvalue weighted by molar-refractivity contribution is 0.0929. The molecule has 1 amide bonds. The monoisotopic (exact) mass is 367 g/mol. The standard InChI is InChI=1S/C20H18FN3O3/c21-16-11-14(5-6-17(16)24-7-9-26-10-8-24)13-22-23-20(25)19-12-15-3-1-2-4-18(15)27-19/h1-6,11-13H,7-10H2,(H,23,25)/b22-13+. The van der Waals surface area contributed by atoms with Gasteiger partial charge in [0.2, 0.25) is 0 Å². The number of rotatable bonds is 4. The van der Waals surface area contributed by atoms with E-state index >= 15 is 0 Å². The molecule has 1 aliphatic heterocycles. The van der Waals surface area contributed by atoms with E-state index in [1.807, 2.05) is 23.1 Å². The minimum Gasteiger partial charge on any atom is -0.451 e. The molecule has 0 saturated carbocycles. The molecule has 1 N–H and O–H groups in total. The summed E-state index contributed by atoms with van der Waals surface area (Å²) in [7, 11) is 0. The zero-order chi connectivity index (χ0) is 18.6. The summed E-state index contributed by atoms with van der Waals surface area (Å²) in [4.78, 5) is 14.1. The SMILES string of the molecule is O=C(N/N=C/c1ccc(N2CCOCC2)c(F)c1)c1cc2ccccc2o1. The number of nitrogens with zero attached hydrogens (tertiary/aromatic N) is 2. The summed E-state index contributed by atoms with van der Waals surface area (Å²) < 4.78 is 25.1. The van der Waals surface area contributed by atoms with Crippen LogP contribution >= 0.6 is 0 Å². The maximum absolute atomic E-state index is 14.4. The Morgan fingerprint density at radius 3 is 2.74 bits per heavy atom. The van der Waals surface area contributed by atoms with Crippen LogP contribution in [0.15, 0.2) is 58.0 Å². The Bertz CT molecular complexity index is 960. The minimum absolute atomic E-state index is 0.169. The number of hydrogen-bond acceptors (Lipinski definition) is 5. The number of nitrogens with one attached hydrogen (secondary N) is 1. The molecule has 4 rings (SSSR count). The maximum Gasteiger partial charge on any atom is 0.307 e. The van der Waals surface area contributed by atoms with Gasteiger partial charge in [-0.2, -0.15) is 5.10 Å². The van der Waals surface area contributed by atoms with Gasteiger partial charge < -0.3 is 14.1 Å². The molecular weight excluding hydrogens is 349 g/mol. The highest BCUT2D eigenvalue weighted by Gasteiger charge is 2.15. The molecule has 6 nitrogen and oxygen atoms in total. The Balaban J connectivity index is 1.41. The summed E-state index contributed by atoms with van der Waals surface area (Å²) in [6, 6.07) is 13.9. The first-order chi connectivity index (χ1) is 13.2. The number of amides is 1. The number of hydrazone groups is 1. The molecule has 138 valence electrons. The van der Waals surface area contributed by atoms with Crippen LogP contribution in [0.5, 0.6) is 0 Å². The topological polar surface area (TPSA) is 67.1 Å². The lowest BCUT2D eigenvalue weighted by Crippen LogP contribution is -2.36. The Hall–Kier alpha value is -3.19. The van der Waals surface area contributed by atoms with Crippen molar-refractivity contribution in [1.82, 2.24) is 5.43 Å². The number of hydrogen-bond donors (Lipinski definition) is 1. The molecule has 0 unspecified atom stereocenters. The van der Waals surface area contributed by atoms with Crippen LogP contribution in [0.25, 0.3) is 11.0 Å². The summed E-state index contributed by atoms with van der Waals surface area (Å²) in [6.45, 7) is 2.52. The first kappa shape index (κ1) is 17.2. The molecule has 1 aliphatic rings. The fourth-order valence-electron chi connectivity index (χ4n) is 2.98. The van der Waals surface area contributed by atoms with Crippen LogP contribution in [0, 0.1) is 5.82 Å². The average Bonchev–Trinajstić information content (AvgIpc) is 3.13. The maximum atomic E-state index is 14.4. The molecule has 2 heterocycles. The molecule has 3 aromatic rings. The highest BCUT2D eigenvalue weighted by molar-refractivity contribution is 5.96. The molecule has 1 saturated heterocycles. The molecule has 1 aromatic heterocycles. The quantitative estimate of drug-likeness (QED) is 0.568. The van der Waals surface area contributed by atoms with Crippen LogP contribution in [-0.4, -0.2) is 38.4 Å². The Kier molecular flexibility index (Phi) is 4.84. The van der Waals surface area contributed by atoms with E-state index < -0.39 is 5.91 Å². The van der Waals surface area contributed by atoms with Crippen LogP contribution in [0.4, 0.5) is 10.1 Å². The normalized spacial score (nSPS) is 14.8. The number of ether oxygens (including phenoxy) is 1. The van der Waals surface area contributed by atoms with Crippen molar-refractivity contribution in [3.63, 3.8) is 0 Å². The van der Waals surface area contributed by atoms with Gasteiger partial charge in [-0.05, 0) is 29.8 Å². The van der Waals surface area contributed by atoms with Crippen LogP contribution < -0.4 is 10.3 Å². The molecule has 0 bridgehead atoms. The third kappa shape index (κ3) is 3.83. The van der Waals surface area contributed by atoms with Crippen molar-refractivity contribution in [1.29, 1.82) is 0 Å². The van der Waals surface area contributed by atoms with Gasteiger partial charge in [-0.1, -0.05) is 24.3 Å². The first-order valence-electron chi connectivity index (χ1n) is 8.65. The van der Waals surface area contributed by atoms with Crippen molar-refractivity contribution in [2.45, 2.75) is 0 Å². The van der Waals surface area contributed by atoms with Gasteiger partial charge in [-0.3, -0.25) is 4.79 Å². The summed E-state index contributed by atoms with van der Waals surface area (Å²) in [5.74, 6) is -0.625. The highest BCUT2D eigenvalue weighted by Crippen LogP contribution is 2.21. The van der Waals surface area contributed by atoms with Gasteiger partial charge in [0.05, 0.1) is 25.1 Å². The summed E-state index contributed by atoms with van der Waals surface area (Å²) in [5, 5.41) is 4.73. The molecule has 27 heavy (non-hydrogen) atoms. The van der Waals surface area contributed by atoms with E-state index in [9.17, 15) is 9.18 Å². The van der Waals surface area contributed by atoms with Gasteiger partial charge in [0, 0.05) is 18.5 Å². The third-order valence-corrected chi connectivity index (χ3v) is 4.35. The largest absolute Gasteiger partial charge is 0.451 e. The van der Waals surface area contributed by atoms with E-state index in [0.717, 1.165) is 5.39 Å². The number of halogens is 1. The summed E-state index contributed by atoms with van der Waals surface area (Å²) in [5.41, 5.74) is 4.12. The second-order valence-electron chi connectivity index (χ2n) is 6.16. The Morgan fingerprint density at radius 1 is 1.15 bits per heavy atom. The molecule has 2 aromatic carbocycles. The van der Waals surface area contributed by atoms with E-state index in [4.69, 9.17) is 9.15 Å². The average molecular weight is 367 g/mol. The van der Waals surface area contributed by atoms with Crippen LogP contribution in [0.2, 0.25) is 0 Å². The predicted octanol–water partition coefficient (Wildman–Crippen LogP) is 3.17. The number of anilines is 1. The van der Waals surface area contributed by atoms with E-state index in [2.05, 4.69) is 10.5 Å². The van der Waals surface area contributed by atoms with E-state index in [-0.39, 0.29) is 11.6 Å². The molecule has 7 heteroatoms. The van der Waals surface area contributed by atoms with Crippen molar-refractivity contribution in [3.05, 3.63) is 65.7 Å². The molecule has 0 atom stereocenters. The Morgan fingerprint density at radius 2 is 1.96 bits per heavy atom. The van der Waals surface area contributed by atoms with E-state index in [0.29, 0.717) is 43.1 Å². The molecule has 0 aliphatic carbocycles. The third-order valence-electron chi connectivity index (χ3n) is 4.35. The van der Waals surface area contributed by atoms with Crippen LogP contribution in [0.3, 0.4) is 0 Å². The van der Waals surface area contributed by atoms with Gasteiger partial charge in [0.25, 0.3) is 0 Å². The number of benzene rings is 2. The lowest BCUT2D eigenvalue weighted by Gasteiger charge is -2.29. The van der Waals surface area contributed by atoms with Crippen molar-refractivity contribution >= 4 is 28.8 Å². The Labute approximate surface area is 155 Å². The number of furan rings is 1. The number of fused-ring (bicyclic) bond motifs is 1. The van der Waals surface area contributed by atoms with Crippen LogP contribution in [0.1, 0.15) is 16.1 Å². The van der Waals surface area contributed by atoms with Gasteiger partial charge in [0.15, 0.2) is 5.76 Å². The second-order valence-corrected chi connectivity index (χ2v) is 6.16. The molecule has 0 spiro atoms. The fourth-order valence-corrected chi connectivity index (χ4v) is 2.98. The van der Waals surface area contributed by atoms with Crippen molar-refractivity contribution in [2.24, 2.45) is 5.10 Å². The summed E-state index contributed by atoms with van der Waals surface area (Å²) in [6.07, 6.45) is 1.40. The summed E-state index contributed by atoms with van der Waals surface area (Å²) >= 11 is 0. The minimum atomic E-state index is -0.465. The highest BCUT2D eigenvalue weighted by atomic mass is 19.1. The van der Waals surface area contributed by atoms with Crippen molar-refractivity contribution in [3.8, 4) is 0 Å². The fraction of sp³-hybridized carbons (Fsp3) is 0.200. The number of para-hydroxylation sites is 1. The van der Waals surface area contributed by atoms with Gasteiger partial charge in [-0.15, -0.1) is 0 Å². The zero-order valence-electron chi connectivity index (χ0n) is 14.5. The second kappa shape index (κ2) is 7.59. The first-order valence-corrected chi connectivity index (χ1v) is 8.65. The van der Waals surface area contributed by atoms with Gasteiger partial charge >= 0.3 is 5.91 Å². The predicted molar refractivity (Wildman–Crippen MR) is 101 cm³/mol. The van der Waals surface area contributed by atoms with Crippen molar-refractivity contribution < 1.29 is 18.3 Å². The number of carbonyl (C=O) groups is 1.